The average Bonchev–Trinajstić information content (AvgIpc) is 2.60. The van der Waals surface area contributed by atoms with E-state index in [1.807, 2.05) is 24.3 Å². The molecule has 1 aliphatic heterocycles. The van der Waals surface area contributed by atoms with Gasteiger partial charge < -0.3 is 15.8 Å². The molecule has 4 nitrogen and oxygen atoms in total. The molecule has 0 spiro atoms. The van der Waals surface area contributed by atoms with Gasteiger partial charge in [-0.2, -0.15) is 0 Å². The number of hydrogen-bond acceptors (Lipinski definition) is 3. The predicted molar refractivity (Wildman–Crippen MR) is 93.7 cm³/mol. The molecule has 0 aromatic heterocycles. The van der Waals surface area contributed by atoms with Crippen LogP contribution in [0.3, 0.4) is 0 Å². The van der Waals surface area contributed by atoms with Crippen molar-refractivity contribution in [3.63, 3.8) is 0 Å². The highest BCUT2D eigenvalue weighted by Crippen LogP contribution is 2.36. The van der Waals surface area contributed by atoms with E-state index in [0.717, 1.165) is 18.4 Å². The number of nitrogens with one attached hydrogen (secondary N) is 1. The summed E-state index contributed by atoms with van der Waals surface area (Å²) in [5.74, 6) is 0.0276. The van der Waals surface area contributed by atoms with Crippen molar-refractivity contribution >= 4 is 17.5 Å². The van der Waals surface area contributed by atoms with E-state index in [1.54, 1.807) is 0 Å². The van der Waals surface area contributed by atoms with Crippen LogP contribution in [-0.2, 0) is 14.9 Å². The highest BCUT2D eigenvalue weighted by molar-refractivity contribution is 6.30. The Labute approximate surface area is 143 Å². The summed E-state index contributed by atoms with van der Waals surface area (Å²) in [6, 6.07) is 7.59. The fourth-order valence-electron chi connectivity index (χ4n) is 3.08. The van der Waals surface area contributed by atoms with Gasteiger partial charge in [0.2, 0.25) is 5.91 Å². The topological polar surface area (TPSA) is 64.3 Å². The Morgan fingerprint density at radius 1 is 1.35 bits per heavy atom. The lowest BCUT2D eigenvalue weighted by Gasteiger charge is -2.37. The molecule has 2 rings (SSSR count). The van der Waals surface area contributed by atoms with Gasteiger partial charge in [-0.1, -0.05) is 37.6 Å². The summed E-state index contributed by atoms with van der Waals surface area (Å²) in [4.78, 5) is 13.0. The smallest absolute Gasteiger partial charge is 0.230 e. The Morgan fingerprint density at radius 2 is 2.00 bits per heavy atom. The van der Waals surface area contributed by atoms with E-state index < -0.39 is 5.41 Å². The van der Waals surface area contributed by atoms with Crippen LogP contribution in [0.15, 0.2) is 24.3 Å². The van der Waals surface area contributed by atoms with E-state index in [0.29, 0.717) is 37.6 Å². The third-order valence-electron chi connectivity index (χ3n) is 5.17. The monoisotopic (exact) mass is 338 g/mol. The van der Waals surface area contributed by atoms with Gasteiger partial charge in [0.15, 0.2) is 0 Å². The van der Waals surface area contributed by atoms with Crippen LogP contribution in [0.4, 0.5) is 0 Å². The van der Waals surface area contributed by atoms with Crippen molar-refractivity contribution in [2.24, 2.45) is 5.73 Å². The second-order valence-electron chi connectivity index (χ2n) is 6.46. The van der Waals surface area contributed by atoms with Gasteiger partial charge in [-0.25, -0.2) is 0 Å². The molecule has 1 aromatic carbocycles. The molecule has 1 fully saturated rings. The van der Waals surface area contributed by atoms with Crippen molar-refractivity contribution in [1.29, 1.82) is 0 Å². The Balaban J connectivity index is 2.23. The summed E-state index contributed by atoms with van der Waals surface area (Å²) in [5, 5.41) is 3.74. The molecule has 1 saturated heterocycles. The molecular weight excluding hydrogens is 312 g/mol. The number of carbonyl (C=O) groups excluding carboxylic acids is 1. The number of halogens is 1. The lowest BCUT2D eigenvalue weighted by atomic mass is 9.73. The molecule has 0 saturated carbocycles. The Kier molecular flexibility index (Phi) is 6.06. The van der Waals surface area contributed by atoms with Gasteiger partial charge in [-0.05, 0) is 43.4 Å². The first-order valence-electron chi connectivity index (χ1n) is 8.37. The number of nitrogens with two attached hydrogens (primary N) is 1. The van der Waals surface area contributed by atoms with E-state index in [4.69, 9.17) is 22.1 Å². The normalized spacial score (nSPS) is 17.7. The van der Waals surface area contributed by atoms with Gasteiger partial charge in [0.1, 0.15) is 0 Å². The minimum Gasteiger partial charge on any atom is -0.381 e. The zero-order chi connectivity index (χ0) is 16.9. The molecule has 1 aromatic rings. The highest BCUT2D eigenvalue weighted by atomic mass is 35.5. The molecule has 0 bridgehead atoms. The van der Waals surface area contributed by atoms with E-state index >= 15 is 0 Å². The first-order chi connectivity index (χ1) is 11.0. The summed E-state index contributed by atoms with van der Waals surface area (Å²) in [6.07, 6.45) is 2.98. The number of benzene rings is 1. The minimum atomic E-state index is -0.578. The van der Waals surface area contributed by atoms with E-state index in [-0.39, 0.29) is 11.4 Å². The maximum Gasteiger partial charge on any atom is 0.230 e. The number of ether oxygens (including phenoxy) is 1. The van der Waals surface area contributed by atoms with E-state index in [2.05, 4.69) is 19.2 Å². The molecule has 1 aliphatic rings. The quantitative estimate of drug-likeness (QED) is 0.838. The molecule has 0 radical (unpaired) electrons. The van der Waals surface area contributed by atoms with E-state index in [1.165, 1.54) is 0 Å². The Bertz CT molecular complexity index is 538. The molecule has 1 amide bonds. The average molecular weight is 339 g/mol. The van der Waals surface area contributed by atoms with Gasteiger partial charge in [-0.3, -0.25) is 4.79 Å². The molecule has 0 atom stereocenters. The van der Waals surface area contributed by atoms with Crippen LogP contribution >= 0.6 is 11.6 Å². The summed E-state index contributed by atoms with van der Waals surface area (Å²) in [7, 11) is 0. The molecule has 0 unspecified atom stereocenters. The molecule has 3 N–H and O–H groups in total. The van der Waals surface area contributed by atoms with Crippen LogP contribution in [0.2, 0.25) is 5.02 Å². The maximum absolute atomic E-state index is 13.0. The van der Waals surface area contributed by atoms with Crippen LogP contribution in [0, 0.1) is 0 Å². The van der Waals surface area contributed by atoms with Crippen LogP contribution < -0.4 is 11.1 Å². The number of carbonyl (C=O) groups is 1. The van der Waals surface area contributed by atoms with Gasteiger partial charge in [0.25, 0.3) is 0 Å². The second kappa shape index (κ2) is 7.65. The number of amides is 1. The van der Waals surface area contributed by atoms with Gasteiger partial charge >= 0.3 is 0 Å². The SMILES string of the molecule is CCC(N)(CC)CNC(=O)C1(c2cccc(Cl)c2)CCOCC1. The van der Waals surface area contributed by atoms with E-state index in [9.17, 15) is 4.79 Å². The lowest BCUT2D eigenvalue weighted by Crippen LogP contribution is -2.54. The largest absolute Gasteiger partial charge is 0.381 e. The van der Waals surface area contributed by atoms with Crippen molar-refractivity contribution in [2.75, 3.05) is 19.8 Å². The predicted octanol–water partition coefficient (Wildman–Crippen LogP) is 3.02. The van der Waals surface area contributed by atoms with Crippen LogP contribution in [0.25, 0.3) is 0 Å². The summed E-state index contributed by atoms with van der Waals surface area (Å²) in [5.41, 5.74) is 6.35. The summed E-state index contributed by atoms with van der Waals surface area (Å²) in [6.45, 7) is 5.75. The standard InChI is InChI=1S/C18H27ClN2O2/c1-3-17(20,4-2)13-21-16(22)18(8-10-23-11-9-18)14-6-5-7-15(19)12-14/h5-7,12H,3-4,8-11,13,20H2,1-2H3,(H,21,22). The lowest BCUT2D eigenvalue weighted by molar-refractivity contribution is -0.130. The maximum atomic E-state index is 13.0. The van der Waals surface area contributed by atoms with Crippen molar-refractivity contribution in [2.45, 2.75) is 50.5 Å². The number of hydrogen-bond donors (Lipinski definition) is 2. The third kappa shape index (κ3) is 4.06. The third-order valence-corrected chi connectivity index (χ3v) is 5.40. The Hall–Kier alpha value is -1.10. The van der Waals surface area contributed by atoms with Gasteiger partial charge in [0, 0.05) is 30.3 Å². The molecule has 0 aliphatic carbocycles. The van der Waals surface area contributed by atoms with Crippen molar-refractivity contribution < 1.29 is 9.53 Å². The second-order valence-corrected chi connectivity index (χ2v) is 6.89. The Morgan fingerprint density at radius 3 is 2.57 bits per heavy atom. The van der Waals surface area contributed by atoms with Crippen LogP contribution in [-0.4, -0.2) is 31.2 Å². The fourth-order valence-corrected chi connectivity index (χ4v) is 3.27. The highest BCUT2D eigenvalue weighted by Gasteiger charge is 2.42. The molecule has 1 heterocycles. The molecular formula is C18H27ClN2O2. The van der Waals surface area contributed by atoms with Crippen molar-refractivity contribution in [3.05, 3.63) is 34.9 Å². The fraction of sp³-hybridized carbons (Fsp3) is 0.611. The van der Waals surface area contributed by atoms with Gasteiger partial charge in [0.05, 0.1) is 5.41 Å². The zero-order valence-corrected chi connectivity index (χ0v) is 14.8. The molecule has 23 heavy (non-hydrogen) atoms. The number of rotatable bonds is 6. The molecule has 128 valence electrons. The first kappa shape index (κ1) is 18.2. The molecule has 5 heteroatoms. The summed E-state index contributed by atoms with van der Waals surface area (Å²) < 4.78 is 5.48. The van der Waals surface area contributed by atoms with Crippen molar-refractivity contribution in [1.82, 2.24) is 5.32 Å². The van der Waals surface area contributed by atoms with Gasteiger partial charge in [-0.15, -0.1) is 0 Å². The van der Waals surface area contributed by atoms with Crippen molar-refractivity contribution in [3.8, 4) is 0 Å². The summed E-state index contributed by atoms with van der Waals surface area (Å²) >= 11 is 6.14. The van der Waals surface area contributed by atoms with Crippen LogP contribution in [0.1, 0.15) is 45.1 Å². The first-order valence-corrected chi connectivity index (χ1v) is 8.74. The zero-order valence-electron chi connectivity index (χ0n) is 14.0. The minimum absolute atomic E-state index is 0.0276. The van der Waals surface area contributed by atoms with Crippen LogP contribution in [0.5, 0.6) is 0 Å².